The lowest BCUT2D eigenvalue weighted by molar-refractivity contribution is 0.535. The highest BCUT2D eigenvalue weighted by atomic mass is 32.2. The summed E-state index contributed by atoms with van der Waals surface area (Å²) in [5.41, 5.74) is 3.11. The van der Waals surface area contributed by atoms with Crippen LogP contribution in [0.15, 0.2) is 72.8 Å². The van der Waals surface area contributed by atoms with Crippen LogP contribution in [-0.4, -0.2) is 9.30 Å². The van der Waals surface area contributed by atoms with Gasteiger partial charge in [0.05, 0.1) is 17.3 Å². The molecular formula is C24H24FN3OS. The average molecular weight is 422 g/mol. The van der Waals surface area contributed by atoms with E-state index in [0.717, 1.165) is 16.8 Å². The number of benzene rings is 3. The van der Waals surface area contributed by atoms with Crippen LogP contribution in [0.3, 0.4) is 0 Å². The van der Waals surface area contributed by atoms with Crippen molar-refractivity contribution in [2.45, 2.75) is 31.6 Å². The van der Waals surface area contributed by atoms with Crippen molar-refractivity contribution in [1.82, 2.24) is 4.72 Å². The first-order valence-corrected chi connectivity index (χ1v) is 10.7. The van der Waals surface area contributed by atoms with E-state index >= 15 is 0 Å². The molecule has 0 spiro atoms. The normalized spacial score (nSPS) is 13.3. The average Bonchev–Trinajstić information content (AvgIpc) is 2.73. The Balaban J connectivity index is 2.02. The maximum atomic E-state index is 14.5. The number of nitrogens with zero attached hydrogens (tertiary/aromatic N) is 1. The number of halogens is 1. The molecule has 0 amide bonds. The molecule has 0 aliphatic rings. The van der Waals surface area contributed by atoms with E-state index in [1.165, 1.54) is 6.07 Å². The molecule has 0 saturated heterocycles. The number of hydrogen-bond acceptors (Lipinski definition) is 4. The molecule has 3 aromatic carbocycles. The second kappa shape index (κ2) is 9.31. The number of rotatable bonds is 6. The maximum Gasteiger partial charge on any atom is 0.146 e. The first-order chi connectivity index (χ1) is 14.3. The van der Waals surface area contributed by atoms with Crippen molar-refractivity contribution in [2.24, 2.45) is 0 Å². The van der Waals surface area contributed by atoms with E-state index in [4.69, 9.17) is 0 Å². The van der Waals surface area contributed by atoms with Crippen molar-refractivity contribution in [3.8, 4) is 6.07 Å². The monoisotopic (exact) mass is 421 g/mol. The fourth-order valence-electron chi connectivity index (χ4n) is 2.90. The van der Waals surface area contributed by atoms with E-state index in [1.807, 2.05) is 57.2 Å². The molecule has 2 atom stereocenters. The van der Waals surface area contributed by atoms with Crippen LogP contribution in [0, 0.1) is 17.1 Å². The van der Waals surface area contributed by atoms with Gasteiger partial charge in [0.1, 0.15) is 16.6 Å². The highest BCUT2D eigenvalue weighted by molar-refractivity contribution is 7.90. The van der Waals surface area contributed by atoms with Crippen molar-refractivity contribution in [2.75, 3.05) is 5.32 Å². The summed E-state index contributed by atoms with van der Waals surface area (Å²) in [6.07, 6.45) is 0. The fourth-order valence-corrected chi connectivity index (χ4v) is 3.74. The lowest BCUT2D eigenvalue weighted by Gasteiger charge is -2.28. The highest BCUT2D eigenvalue weighted by Gasteiger charge is 2.31. The second-order valence-electron chi connectivity index (χ2n) is 7.90. The van der Waals surface area contributed by atoms with E-state index in [9.17, 15) is 14.2 Å². The molecule has 0 fully saturated rings. The van der Waals surface area contributed by atoms with Gasteiger partial charge in [0, 0.05) is 17.0 Å². The Bertz CT molecular complexity index is 1040. The minimum atomic E-state index is -1.37. The highest BCUT2D eigenvalue weighted by Crippen LogP contribution is 2.30. The van der Waals surface area contributed by atoms with Crippen molar-refractivity contribution in [3.05, 3.63) is 95.3 Å². The van der Waals surface area contributed by atoms with Gasteiger partial charge in [0.15, 0.2) is 0 Å². The van der Waals surface area contributed by atoms with Crippen molar-refractivity contribution >= 4 is 22.7 Å². The van der Waals surface area contributed by atoms with E-state index in [-0.39, 0.29) is 5.82 Å². The molecule has 3 aromatic rings. The number of nitrogens with one attached hydrogen (secondary N) is 2. The molecule has 3 rings (SSSR count). The Morgan fingerprint density at radius 2 is 1.67 bits per heavy atom. The van der Waals surface area contributed by atoms with Crippen LogP contribution in [-0.2, 0) is 11.4 Å². The van der Waals surface area contributed by atoms with Crippen molar-refractivity contribution in [1.29, 1.82) is 5.26 Å². The van der Waals surface area contributed by atoms with Gasteiger partial charge in [-0.3, -0.25) is 0 Å². The number of hydrogen-bond donors (Lipinski definition) is 2. The van der Waals surface area contributed by atoms with Crippen LogP contribution >= 0.6 is 0 Å². The van der Waals surface area contributed by atoms with Crippen LogP contribution in [0.4, 0.5) is 15.8 Å². The molecule has 0 aliphatic carbocycles. The van der Waals surface area contributed by atoms with Crippen molar-refractivity contribution in [3.63, 3.8) is 0 Å². The quantitative estimate of drug-likeness (QED) is 0.510. The molecule has 1 unspecified atom stereocenters. The fraction of sp³-hybridized carbons (Fsp3) is 0.208. The summed E-state index contributed by atoms with van der Waals surface area (Å²) in [6.45, 7) is 5.64. The molecule has 6 heteroatoms. The Labute approximate surface area is 180 Å². The molecule has 0 radical (unpaired) electrons. The van der Waals surface area contributed by atoms with Crippen molar-refractivity contribution < 1.29 is 8.94 Å². The number of nitriles is 1. The Morgan fingerprint density at radius 3 is 2.33 bits per heavy atom. The molecule has 2 N–H and O–H groups in total. The standard InChI is InChI=1S/C24H24FN3OS/c1-24(2,3)30(29)28-23(18-9-7-8-17(14-18)16-26)19-12-13-21(25)22(15-19)27-20-10-5-4-6-11-20/h4-15,23,27-28H,1-3H3/t23-,30?/m1/s1. The minimum Gasteiger partial charge on any atom is -0.598 e. The van der Waals surface area contributed by atoms with Gasteiger partial charge in [-0.1, -0.05) is 36.4 Å². The summed E-state index contributed by atoms with van der Waals surface area (Å²) in [5, 5.41) is 12.4. The first-order valence-electron chi connectivity index (χ1n) is 9.57. The van der Waals surface area contributed by atoms with Crippen LogP contribution in [0.5, 0.6) is 0 Å². The Morgan fingerprint density at radius 1 is 0.967 bits per heavy atom. The number of para-hydroxylation sites is 1. The summed E-state index contributed by atoms with van der Waals surface area (Å²) in [6, 6.07) is 22.9. The summed E-state index contributed by atoms with van der Waals surface area (Å²) < 4.78 is 30.0. The zero-order chi connectivity index (χ0) is 21.7. The topological polar surface area (TPSA) is 70.9 Å². The molecule has 0 bridgehead atoms. The molecule has 0 aromatic heterocycles. The van der Waals surface area contributed by atoms with Gasteiger partial charge in [0.25, 0.3) is 0 Å². The smallest absolute Gasteiger partial charge is 0.146 e. The van der Waals surface area contributed by atoms with Gasteiger partial charge in [-0.2, -0.15) is 5.26 Å². The molecular weight excluding hydrogens is 397 g/mol. The van der Waals surface area contributed by atoms with Crippen LogP contribution < -0.4 is 10.0 Å². The molecule has 154 valence electrons. The largest absolute Gasteiger partial charge is 0.598 e. The van der Waals surface area contributed by atoms with E-state index in [1.54, 1.807) is 30.3 Å². The predicted octanol–water partition coefficient (Wildman–Crippen LogP) is 5.58. The van der Waals surface area contributed by atoms with Crippen LogP contribution in [0.1, 0.15) is 43.5 Å². The SMILES string of the molecule is CC(C)(C)[S+]([O-])N[C@H](c1cccc(C#N)c1)c1ccc(F)c(Nc2ccccc2)c1. The zero-order valence-corrected chi connectivity index (χ0v) is 18.0. The van der Waals surface area contributed by atoms with Gasteiger partial charge in [-0.15, -0.1) is 4.72 Å². The Kier molecular flexibility index (Phi) is 6.78. The maximum absolute atomic E-state index is 14.5. The van der Waals surface area contributed by atoms with E-state index < -0.39 is 22.2 Å². The second-order valence-corrected chi connectivity index (χ2v) is 9.90. The third-order valence-electron chi connectivity index (χ3n) is 4.51. The first kappa shape index (κ1) is 21.8. The molecule has 0 heterocycles. The lowest BCUT2D eigenvalue weighted by Crippen LogP contribution is -2.41. The van der Waals surface area contributed by atoms with E-state index in [2.05, 4.69) is 16.1 Å². The van der Waals surface area contributed by atoms with Gasteiger partial charge >= 0.3 is 0 Å². The predicted molar refractivity (Wildman–Crippen MR) is 120 cm³/mol. The zero-order valence-electron chi connectivity index (χ0n) is 17.1. The summed E-state index contributed by atoms with van der Waals surface area (Å²) >= 11 is -1.37. The van der Waals surface area contributed by atoms with Crippen LogP contribution in [0.25, 0.3) is 0 Å². The van der Waals surface area contributed by atoms with Gasteiger partial charge in [0.2, 0.25) is 0 Å². The minimum absolute atomic E-state index is 0.323. The molecule has 0 aliphatic heterocycles. The van der Waals surface area contributed by atoms with Gasteiger partial charge in [-0.05, 0) is 68.3 Å². The lowest BCUT2D eigenvalue weighted by atomic mass is 9.97. The number of anilines is 2. The molecule has 4 nitrogen and oxygen atoms in total. The van der Waals surface area contributed by atoms with E-state index in [0.29, 0.717) is 11.3 Å². The van der Waals surface area contributed by atoms with Crippen LogP contribution in [0.2, 0.25) is 0 Å². The molecule has 30 heavy (non-hydrogen) atoms. The third-order valence-corrected chi connectivity index (χ3v) is 6.07. The molecule has 0 saturated carbocycles. The summed E-state index contributed by atoms with van der Waals surface area (Å²) in [4.78, 5) is 0. The third kappa shape index (κ3) is 5.39. The summed E-state index contributed by atoms with van der Waals surface area (Å²) in [7, 11) is 0. The van der Waals surface area contributed by atoms with Gasteiger partial charge < -0.3 is 9.87 Å². The van der Waals surface area contributed by atoms with Gasteiger partial charge in [-0.25, -0.2) is 4.39 Å². The summed E-state index contributed by atoms with van der Waals surface area (Å²) in [5.74, 6) is -0.385. The Hall–Kier alpha value is -2.85.